The number of hydrogen-bond donors (Lipinski definition) is 0. The van der Waals surface area contributed by atoms with E-state index in [4.69, 9.17) is 0 Å². The summed E-state index contributed by atoms with van der Waals surface area (Å²) in [6.45, 7) is 0. The lowest BCUT2D eigenvalue weighted by Crippen LogP contribution is -2.20. The molecule has 0 radical (unpaired) electrons. The normalized spacial score (nSPS) is 17.1. The molecule has 1 aliphatic rings. The van der Waals surface area contributed by atoms with Gasteiger partial charge in [-0.3, -0.25) is 4.28 Å². The van der Waals surface area contributed by atoms with Crippen LogP contribution in [0.4, 0.5) is 0 Å². The van der Waals surface area contributed by atoms with Gasteiger partial charge in [-0.1, -0.05) is 27.2 Å². The number of benzene rings is 1. The van der Waals surface area contributed by atoms with E-state index in [-0.39, 0.29) is 0 Å². The number of nitrogens with zero attached hydrogens (tertiary/aromatic N) is 1. The first-order valence-electron chi connectivity index (χ1n) is 4.20. The predicted molar refractivity (Wildman–Crippen MR) is 60.3 cm³/mol. The van der Waals surface area contributed by atoms with Gasteiger partial charge in [0.2, 0.25) is 0 Å². The highest BCUT2D eigenvalue weighted by atomic mass is 79.9. The van der Waals surface area contributed by atoms with E-state index in [1.165, 1.54) is 0 Å². The van der Waals surface area contributed by atoms with Crippen LogP contribution in [0.25, 0.3) is 0 Å². The Hall–Kier alpha value is -0.880. The largest absolute Gasteiger partial charge is 0.325 e. The van der Waals surface area contributed by atoms with Crippen molar-refractivity contribution in [1.29, 1.82) is 0 Å². The van der Waals surface area contributed by atoms with Crippen LogP contribution in [0.3, 0.4) is 0 Å². The molecule has 80 valence electrons. The van der Waals surface area contributed by atoms with E-state index in [1.807, 2.05) is 18.2 Å². The van der Waals surface area contributed by atoms with Crippen LogP contribution in [-0.2, 0) is 20.8 Å². The molecule has 1 aliphatic carbocycles. The van der Waals surface area contributed by atoms with Crippen LogP contribution in [0.2, 0.25) is 0 Å². The van der Waals surface area contributed by atoms with Gasteiger partial charge in [0.1, 0.15) is 0 Å². The van der Waals surface area contributed by atoms with Gasteiger partial charge >= 0.3 is 10.1 Å². The molecule has 0 atom stereocenters. The van der Waals surface area contributed by atoms with E-state index in [0.717, 1.165) is 21.9 Å². The zero-order valence-corrected chi connectivity index (χ0v) is 10.3. The van der Waals surface area contributed by atoms with E-state index in [2.05, 4.69) is 25.4 Å². The van der Waals surface area contributed by atoms with E-state index < -0.39 is 10.1 Å². The molecule has 0 bridgehead atoms. The molecule has 0 amide bonds. The minimum Gasteiger partial charge on any atom is -0.268 e. The molecule has 1 aromatic rings. The Morgan fingerprint density at radius 2 is 2.20 bits per heavy atom. The third-order valence-electron chi connectivity index (χ3n) is 2.02. The van der Waals surface area contributed by atoms with Crippen LogP contribution in [0.15, 0.2) is 27.8 Å². The van der Waals surface area contributed by atoms with Crippen molar-refractivity contribution in [2.75, 3.05) is 6.26 Å². The molecule has 0 unspecified atom stereocenters. The first kappa shape index (κ1) is 10.6. The van der Waals surface area contributed by atoms with Crippen molar-refractivity contribution in [2.45, 2.75) is 6.42 Å². The molecule has 6 heteroatoms. The lowest BCUT2D eigenvalue weighted by atomic mass is 9.87. The molecule has 0 N–H and O–H groups in total. The average Bonchev–Trinajstić information content (AvgIpc) is 2.06. The zero-order chi connectivity index (χ0) is 11.1. The third kappa shape index (κ3) is 2.38. The summed E-state index contributed by atoms with van der Waals surface area (Å²) in [6, 6.07) is 5.75. The number of fused-ring (bicyclic) bond motifs is 1. The molecule has 4 nitrogen and oxygen atoms in total. The minimum absolute atomic E-state index is 0.643. The van der Waals surface area contributed by atoms with Gasteiger partial charge in [0, 0.05) is 16.5 Å². The van der Waals surface area contributed by atoms with Crippen LogP contribution >= 0.6 is 15.9 Å². The SMILES string of the molecule is CS(=O)(=O)ON=C1Cc2cc(Br)ccc21. The summed E-state index contributed by atoms with van der Waals surface area (Å²) < 4.78 is 26.8. The third-order valence-corrected chi connectivity index (χ3v) is 2.86. The predicted octanol–water partition coefficient (Wildman–Crippen LogP) is 1.69. The van der Waals surface area contributed by atoms with Crippen molar-refractivity contribution in [3.8, 4) is 0 Å². The summed E-state index contributed by atoms with van der Waals surface area (Å²) in [4.78, 5) is 0. The highest BCUT2D eigenvalue weighted by Crippen LogP contribution is 2.27. The van der Waals surface area contributed by atoms with E-state index in [9.17, 15) is 8.42 Å². The van der Waals surface area contributed by atoms with Crippen LogP contribution in [0.5, 0.6) is 0 Å². The maximum atomic E-state index is 10.7. The van der Waals surface area contributed by atoms with Gasteiger partial charge in [-0.05, 0) is 17.7 Å². The Bertz CT molecular complexity index is 536. The van der Waals surface area contributed by atoms with Gasteiger partial charge in [0.05, 0.1) is 12.0 Å². The van der Waals surface area contributed by atoms with Crippen molar-refractivity contribution in [1.82, 2.24) is 0 Å². The van der Waals surface area contributed by atoms with Crippen molar-refractivity contribution in [3.05, 3.63) is 33.8 Å². The highest BCUT2D eigenvalue weighted by molar-refractivity contribution is 9.10. The number of rotatable bonds is 2. The maximum absolute atomic E-state index is 10.7. The Kier molecular flexibility index (Phi) is 2.56. The second-order valence-corrected chi connectivity index (χ2v) is 5.77. The fourth-order valence-electron chi connectivity index (χ4n) is 1.35. The second kappa shape index (κ2) is 3.61. The van der Waals surface area contributed by atoms with E-state index in [1.54, 1.807) is 0 Å². The summed E-state index contributed by atoms with van der Waals surface area (Å²) >= 11 is 3.35. The standard InChI is InChI=1S/C9H8BrNO3S/c1-15(12,13)14-11-9-5-6-4-7(10)2-3-8(6)9/h2-4H,5H2,1H3. The number of halogens is 1. The summed E-state index contributed by atoms with van der Waals surface area (Å²) in [5.41, 5.74) is 2.75. The molecular formula is C9H8BrNO3S. The van der Waals surface area contributed by atoms with Crippen molar-refractivity contribution >= 4 is 31.8 Å². The second-order valence-electron chi connectivity index (χ2n) is 3.29. The lowest BCUT2D eigenvalue weighted by Gasteiger charge is -2.20. The van der Waals surface area contributed by atoms with Crippen molar-refractivity contribution in [2.24, 2.45) is 5.16 Å². The van der Waals surface area contributed by atoms with Gasteiger partial charge in [-0.25, -0.2) is 0 Å². The summed E-state index contributed by atoms with van der Waals surface area (Å²) in [5, 5.41) is 3.59. The molecule has 0 heterocycles. The first-order chi connectivity index (χ1) is 6.96. The zero-order valence-electron chi connectivity index (χ0n) is 7.90. The quantitative estimate of drug-likeness (QED) is 0.779. The van der Waals surface area contributed by atoms with Crippen LogP contribution in [0, 0.1) is 0 Å². The van der Waals surface area contributed by atoms with Crippen LogP contribution in [0.1, 0.15) is 11.1 Å². The molecule has 0 saturated carbocycles. The first-order valence-corrected chi connectivity index (χ1v) is 6.81. The van der Waals surface area contributed by atoms with Crippen molar-refractivity contribution < 1.29 is 12.7 Å². The topological polar surface area (TPSA) is 55.7 Å². The molecule has 0 spiro atoms. The summed E-state index contributed by atoms with van der Waals surface area (Å²) in [7, 11) is -3.50. The summed E-state index contributed by atoms with van der Waals surface area (Å²) in [6.07, 6.45) is 1.61. The van der Waals surface area contributed by atoms with Gasteiger partial charge in [0.15, 0.2) is 0 Å². The Morgan fingerprint density at radius 3 is 2.80 bits per heavy atom. The molecule has 0 aliphatic heterocycles. The van der Waals surface area contributed by atoms with E-state index >= 15 is 0 Å². The molecule has 0 aromatic heterocycles. The number of hydrogen-bond acceptors (Lipinski definition) is 4. The summed E-state index contributed by atoms with van der Waals surface area (Å²) in [5.74, 6) is 0. The molecule has 0 fully saturated rings. The molecule has 2 rings (SSSR count). The minimum atomic E-state index is -3.50. The fourth-order valence-corrected chi connectivity index (χ4v) is 1.99. The molecular weight excluding hydrogens is 282 g/mol. The monoisotopic (exact) mass is 289 g/mol. The van der Waals surface area contributed by atoms with Gasteiger partial charge < -0.3 is 0 Å². The lowest BCUT2D eigenvalue weighted by molar-refractivity contribution is 0.342. The maximum Gasteiger partial charge on any atom is 0.325 e. The fraction of sp³-hybridized carbons (Fsp3) is 0.222. The van der Waals surface area contributed by atoms with Crippen LogP contribution < -0.4 is 0 Å². The van der Waals surface area contributed by atoms with Crippen molar-refractivity contribution in [3.63, 3.8) is 0 Å². The Labute approximate surface area is 96.2 Å². The molecule has 0 saturated heterocycles. The Morgan fingerprint density at radius 1 is 1.47 bits per heavy atom. The smallest absolute Gasteiger partial charge is 0.268 e. The number of oxime groups is 1. The van der Waals surface area contributed by atoms with Gasteiger partial charge in [0.25, 0.3) is 0 Å². The Balaban J connectivity index is 2.22. The highest BCUT2D eigenvalue weighted by Gasteiger charge is 2.22. The van der Waals surface area contributed by atoms with Crippen LogP contribution in [-0.4, -0.2) is 20.4 Å². The molecule has 1 aromatic carbocycles. The van der Waals surface area contributed by atoms with Gasteiger partial charge in [-0.2, -0.15) is 8.42 Å². The van der Waals surface area contributed by atoms with E-state index in [0.29, 0.717) is 12.1 Å². The van der Waals surface area contributed by atoms with Gasteiger partial charge in [-0.15, -0.1) is 0 Å². The molecule has 15 heavy (non-hydrogen) atoms. The average molecular weight is 290 g/mol.